The van der Waals surface area contributed by atoms with Crippen LogP contribution in [0.1, 0.15) is 48.6 Å². The van der Waals surface area contributed by atoms with E-state index in [-0.39, 0.29) is 5.54 Å². The molecule has 0 amide bonds. The highest BCUT2D eigenvalue weighted by Gasteiger charge is 2.15. The molecule has 0 heterocycles. The van der Waals surface area contributed by atoms with Crippen LogP contribution in [-0.2, 0) is 19.4 Å². The fourth-order valence-electron chi connectivity index (χ4n) is 4.04. The lowest BCUT2D eigenvalue weighted by Crippen LogP contribution is -2.36. The molecule has 0 saturated heterocycles. The first-order valence-electron chi connectivity index (χ1n) is 11.9. The van der Waals surface area contributed by atoms with Gasteiger partial charge in [0.15, 0.2) is 0 Å². The van der Waals surface area contributed by atoms with Crippen molar-refractivity contribution in [2.24, 2.45) is 0 Å². The molecule has 0 radical (unpaired) electrons. The minimum Gasteiger partial charge on any atom is -0.507 e. The van der Waals surface area contributed by atoms with Crippen molar-refractivity contribution in [3.8, 4) is 5.75 Å². The molecular weight excluding hydrogens is 433 g/mol. The topological polar surface area (TPSA) is 32.3 Å². The van der Waals surface area contributed by atoms with Crippen molar-refractivity contribution >= 4 is 19.2 Å². The number of rotatable bonds is 8. The first kappa shape index (κ1) is 24.2. The Labute approximate surface area is 205 Å². The third kappa shape index (κ3) is 6.79. The largest absolute Gasteiger partial charge is 0.507 e. The van der Waals surface area contributed by atoms with Crippen molar-refractivity contribution in [3.63, 3.8) is 0 Å². The van der Waals surface area contributed by atoms with Crippen LogP contribution in [0.4, 0.5) is 0 Å². The number of phenolic OH excluding ortho intramolecular Hbond substituents is 1. The van der Waals surface area contributed by atoms with Crippen LogP contribution in [0.5, 0.6) is 5.75 Å². The highest BCUT2D eigenvalue weighted by Crippen LogP contribution is 2.28. The fourth-order valence-corrected chi connectivity index (χ4v) is 5.38. The fraction of sp³-hybridized carbons (Fsp3) is 0.226. The number of aromatic hydroxyl groups is 1. The second kappa shape index (κ2) is 11.0. The number of nitrogens with one attached hydrogen (secondary N) is 1. The van der Waals surface area contributed by atoms with Gasteiger partial charge in [-0.15, -0.1) is 0 Å². The van der Waals surface area contributed by atoms with Gasteiger partial charge in [-0.1, -0.05) is 99.6 Å². The predicted octanol–water partition coefficient (Wildman–Crippen LogP) is 6.09. The zero-order valence-corrected chi connectivity index (χ0v) is 21.3. The van der Waals surface area contributed by atoms with Gasteiger partial charge in [0.05, 0.1) is 0 Å². The molecule has 0 spiro atoms. The van der Waals surface area contributed by atoms with E-state index in [9.17, 15) is 5.11 Å². The van der Waals surface area contributed by atoms with Crippen LogP contribution in [0.2, 0.25) is 0 Å². The van der Waals surface area contributed by atoms with Crippen molar-refractivity contribution in [3.05, 3.63) is 125 Å². The van der Waals surface area contributed by atoms with Crippen molar-refractivity contribution in [1.29, 1.82) is 0 Å². The molecule has 4 aromatic carbocycles. The Hall–Kier alpha value is -2.93. The van der Waals surface area contributed by atoms with Crippen molar-refractivity contribution < 1.29 is 5.11 Å². The van der Waals surface area contributed by atoms with Crippen LogP contribution in [0.3, 0.4) is 0 Å². The second-order valence-electron chi connectivity index (χ2n) is 9.86. The van der Waals surface area contributed by atoms with Crippen molar-refractivity contribution in [2.45, 2.75) is 45.7 Å². The summed E-state index contributed by atoms with van der Waals surface area (Å²) in [6.07, 6.45) is 1.58. The summed E-state index contributed by atoms with van der Waals surface area (Å²) < 4.78 is 0. The van der Waals surface area contributed by atoms with E-state index in [0.717, 1.165) is 30.3 Å². The second-order valence-corrected chi connectivity index (χ2v) is 11.2. The summed E-state index contributed by atoms with van der Waals surface area (Å²) in [6, 6.07) is 33.9. The van der Waals surface area contributed by atoms with Crippen LogP contribution < -0.4 is 15.9 Å². The Morgan fingerprint density at radius 1 is 0.647 bits per heavy atom. The Morgan fingerprint density at radius 2 is 1.24 bits per heavy atom. The van der Waals surface area contributed by atoms with E-state index in [1.165, 1.54) is 27.6 Å². The summed E-state index contributed by atoms with van der Waals surface area (Å²) in [7, 11) is 0.392. The third-order valence-electron chi connectivity index (χ3n) is 5.83. The smallest absolute Gasteiger partial charge is 0.126 e. The first-order valence-corrected chi connectivity index (χ1v) is 12.9. The highest BCUT2D eigenvalue weighted by atomic mass is 31.1. The molecule has 174 valence electrons. The molecule has 0 aliphatic heterocycles. The maximum absolute atomic E-state index is 11.3. The molecule has 0 aromatic heterocycles. The lowest BCUT2D eigenvalue weighted by atomic mass is 9.98. The molecule has 0 aliphatic carbocycles. The molecule has 0 fully saturated rings. The van der Waals surface area contributed by atoms with Crippen LogP contribution in [0, 0.1) is 0 Å². The van der Waals surface area contributed by atoms with Crippen molar-refractivity contribution in [2.75, 3.05) is 0 Å². The van der Waals surface area contributed by atoms with E-state index in [1.54, 1.807) is 0 Å². The van der Waals surface area contributed by atoms with Gasteiger partial charge in [-0.2, -0.15) is 0 Å². The average Bonchev–Trinajstić information content (AvgIpc) is 2.82. The maximum atomic E-state index is 11.3. The zero-order chi connectivity index (χ0) is 24.0. The lowest BCUT2D eigenvalue weighted by Gasteiger charge is -2.22. The molecule has 2 N–H and O–H groups in total. The molecule has 0 aliphatic rings. The number of hydrogen-bond acceptors (Lipinski definition) is 2. The Balaban J connectivity index is 1.68. The van der Waals surface area contributed by atoms with E-state index >= 15 is 0 Å². The molecule has 4 aromatic rings. The van der Waals surface area contributed by atoms with Crippen LogP contribution in [0.15, 0.2) is 97.1 Å². The van der Waals surface area contributed by atoms with Gasteiger partial charge in [0.2, 0.25) is 0 Å². The first-order chi connectivity index (χ1) is 16.4. The van der Waals surface area contributed by atoms with Gasteiger partial charge in [0.1, 0.15) is 5.75 Å². The molecular formula is C31H34NOP. The van der Waals surface area contributed by atoms with Gasteiger partial charge in [0.25, 0.3) is 0 Å². The van der Waals surface area contributed by atoms with Gasteiger partial charge < -0.3 is 10.4 Å². The number of hydrogen-bond donors (Lipinski definition) is 2. The molecule has 1 atom stereocenters. The van der Waals surface area contributed by atoms with Gasteiger partial charge >= 0.3 is 0 Å². The summed E-state index contributed by atoms with van der Waals surface area (Å²) in [5.41, 5.74) is 6.06. The molecule has 4 rings (SSSR count). The SMILES string of the molecule is CC(C)(C)NCc1ccccc1Pc1cc(Cc2ccccc2)cc(Cc2ccccc2)c1O. The third-order valence-corrected chi connectivity index (χ3v) is 7.24. The Morgan fingerprint density at radius 3 is 1.88 bits per heavy atom. The van der Waals surface area contributed by atoms with Crippen LogP contribution >= 0.6 is 8.58 Å². The van der Waals surface area contributed by atoms with E-state index in [1.807, 2.05) is 6.07 Å². The normalized spacial score (nSPS) is 11.9. The summed E-state index contributed by atoms with van der Waals surface area (Å²) in [4.78, 5) is 0. The highest BCUT2D eigenvalue weighted by molar-refractivity contribution is 7.55. The molecule has 34 heavy (non-hydrogen) atoms. The lowest BCUT2D eigenvalue weighted by molar-refractivity contribution is 0.425. The molecule has 1 unspecified atom stereocenters. The quantitative estimate of drug-likeness (QED) is 0.307. The average molecular weight is 468 g/mol. The molecule has 2 nitrogen and oxygen atoms in total. The van der Waals surface area contributed by atoms with E-state index in [2.05, 4.69) is 117 Å². The van der Waals surface area contributed by atoms with Gasteiger partial charge in [0, 0.05) is 23.8 Å². The standard InChI is InChI=1S/C31H34NOP/c1-31(2,3)32-22-26-16-10-11-17-28(26)34-29-21-25(18-23-12-6-4-7-13-23)20-27(30(29)33)19-24-14-8-5-9-15-24/h4-17,20-21,32-34H,18-19,22H2,1-3H3. The maximum Gasteiger partial charge on any atom is 0.126 e. The van der Waals surface area contributed by atoms with Crippen molar-refractivity contribution in [1.82, 2.24) is 5.32 Å². The van der Waals surface area contributed by atoms with Gasteiger partial charge in [-0.3, -0.25) is 0 Å². The summed E-state index contributed by atoms with van der Waals surface area (Å²) in [5, 5.41) is 17.2. The Bertz CT molecular complexity index is 1210. The number of benzene rings is 4. The summed E-state index contributed by atoms with van der Waals surface area (Å²) in [5.74, 6) is 0.428. The van der Waals surface area contributed by atoms with E-state index in [0.29, 0.717) is 14.3 Å². The molecule has 0 bridgehead atoms. The monoisotopic (exact) mass is 467 g/mol. The summed E-state index contributed by atoms with van der Waals surface area (Å²) >= 11 is 0. The van der Waals surface area contributed by atoms with Crippen LogP contribution in [-0.4, -0.2) is 10.6 Å². The minimum absolute atomic E-state index is 0.0524. The van der Waals surface area contributed by atoms with Gasteiger partial charge in [-0.05, 0) is 66.4 Å². The molecule has 0 saturated carbocycles. The predicted molar refractivity (Wildman–Crippen MR) is 147 cm³/mol. The molecule has 3 heteroatoms. The van der Waals surface area contributed by atoms with Gasteiger partial charge in [-0.25, -0.2) is 0 Å². The van der Waals surface area contributed by atoms with E-state index in [4.69, 9.17) is 0 Å². The minimum atomic E-state index is 0.0524. The zero-order valence-electron chi connectivity index (χ0n) is 20.3. The summed E-state index contributed by atoms with van der Waals surface area (Å²) in [6.45, 7) is 7.37. The number of phenols is 1. The van der Waals surface area contributed by atoms with Crippen LogP contribution in [0.25, 0.3) is 0 Å². The van der Waals surface area contributed by atoms with E-state index < -0.39 is 0 Å². The Kier molecular flexibility index (Phi) is 7.83.